The Morgan fingerprint density at radius 1 is 1.39 bits per heavy atom. The molecule has 0 spiro atoms. The molecule has 1 aromatic rings. The molecule has 23 heavy (non-hydrogen) atoms. The number of hydrogen-bond donors (Lipinski definition) is 1. The van der Waals surface area contributed by atoms with Crippen molar-refractivity contribution in [3.8, 4) is 0 Å². The molecule has 1 aliphatic carbocycles. The van der Waals surface area contributed by atoms with Gasteiger partial charge in [0.25, 0.3) is 11.6 Å². The number of carbonyl (C=O) groups is 1. The number of non-ortho nitro benzene ring substituents is 1. The van der Waals surface area contributed by atoms with Crippen molar-refractivity contribution >= 4 is 17.3 Å². The smallest absolute Gasteiger partial charge is 0.267 e. The second kappa shape index (κ2) is 7.00. The van der Waals surface area contributed by atoms with Crippen LogP contribution < -0.4 is 5.43 Å². The highest BCUT2D eigenvalue weighted by atomic mass is 16.6. The van der Waals surface area contributed by atoms with Crippen molar-refractivity contribution in [1.82, 2.24) is 5.43 Å². The van der Waals surface area contributed by atoms with Crippen molar-refractivity contribution < 1.29 is 9.72 Å². The number of carbonyl (C=O) groups excluding carboxylic acids is 1. The highest BCUT2D eigenvalue weighted by molar-refractivity contribution is 6.02. The third-order valence-corrected chi connectivity index (χ3v) is 3.93. The zero-order valence-electron chi connectivity index (χ0n) is 13.2. The summed E-state index contributed by atoms with van der Waals surface area (Å²) in [5.74, 6) is -0.0497. The number of hydrogen-bond acceptors (Lipinski definition) is 4. The first-order valence-corrected chi connectivity index (χ1v) is 7.32. The Morgan fingerprint density at radius 3 is 2.61 bits per heavy atom. The predicted octanol–water partition coefficient (Wildman–Crippen LogP) is 3.61. The van der Waals surface area contributed by atoms with Gasteiger partial charge in [-0.15, -0.1) is 0 Å². The molecule has 0 aliphatic heterocycles. The Labute approximate surface area is 134 Å². The van der Waals surface area contributed by atoms with Gasteiger partial charge in [0.05, 0.1) is 10.6 Å². The van der Waals surface area contributed by atoms with Gasteiger partial charge in [0.2, 0.25) is 0 Å². The molecule has 1 atom stereocenters. The summed E-state index contributed by atoms with van der Waals surface area (Å²) in [5.41, 5.74) is 5.77. The van der Waals surface area contributed by atoms with Crippen LogP contribution in [0.1, 0.15) is 37.0 Å². The van der Waals surface area contributed by atoms with Crippen molar-refractivity contribution in [1.29, 1.82) is 0 Å². The highest BCUT2D eigenvalue weighted by Crippen LogP contribution is 2.26. The lowest BCUT2D eigenvalue weighted by molar-refractivity contribution is -0.384. The Morgan fingerprint density at radius 2 is 2.04 bits per heavy atom. The fraction of sp³-hybridized carbons (Fsp3) is 0.294. The standard InChI is InChI=1S/C17H19N3O3/c1-11(2)14-5-4-12(3)16(10-14)18-19-17(21)13-6-8-15(9-7-13)20(22)23/h4,6-9,14H,1,5,10H2,2-3H3,(H,19,21)/b18-16-/t14-/m1/s1. The van der Waals surface area contributed by atoms with Crippen molar-refractivity contribution in [3.63, 3.8) is 0 Å². The van der Waals surface area contributed by atoms with E-state index in [2.05, 4.69) is 23.2 Å². The van der Waals surface area contributed by atoms with Crippen LogP contribution in [0.3, 0.4) is 0 Å². The minimum absolute atomic E-state index is 0.0526. The molecule has 1 aromatic carbocycles. The van der Waals surface area contributed by atoms with Gasteiger partial charge in [-0.25, -0.2) is 5.43 Å². The molecule has 0 radical (unpaired) electrons. The lowest BCUT2D eigenvalue weighted by Gasteiger charge is -2.22. The third-order valence-electron chi connectivity index (χ3n) is 3.93. The number of allylic oxidation sites excluding steroid dienone is 3. The number of amides is 1. The number of nitro groups is 1. The first-order chi connectivity index (χ1) is 10.9. The van der Waals surface area contributed by atoms with E-state index in [1.54, 1.807) is 0 Å². The minimum atomic E-state index is -0.504. The van der Waals surface area contributed by atoms with E-state index in [-0.39, 0.29) is 5.69 Å². The van der Waals surface area contributed by atoms with Crippen LogP contribution in [0.15, 0.2) is 53.2 Å². The van der Waals surface area contributed by atoms with Crippen LogP contribution in [0.2, 0.25) is 0 Å². The summed E-state index contributed by atoms with van der Waals surface area (Å²) in [4.78, 5) is 22.2. The number of nitrogens with zero attached hydrogens (tertiary/aromatic N) is 2. The van der Waals surface area contributed by atoms with Crippen LogP contribution in [0.4, 0.5) is 5.69 Å². The maximum Gasteiger partial charge on any atom is 0.271 e. The SMILES string of the molecule is C=C(C)[C@@H]1CC=C(C)/C(=N\NC(=O)c2ccc([N+](=O)[O-])cc2)C1. The first kappa shape index (κ1) is 16.6. The molecule has 6 heteroatoms. The zero-order chi connectivity index (χ0) is 17.0. The van der Waals surface area contributed by atoms with Crippen molar-refractivity contribution in [3.05, 3.63) is 63.7 Å². The second-order valence-corrected chi connectivity index (χ2v) is 5.67. The van der Waals surface area contributed by atoms with Crippen molar-refractivity contribution in [2.24, 2.45) is 11.0 Å². The molecule has 1 N–H and O–H groups in total. The van der Waals surface area contributed by atoms with E-state index >= 15 is 0 Å². The summed E-state index contributed by atoms with van der Waals surface area (Å²) in [6.07, 6.45) is 3.79. The van der Waals surface area contributed by atoms with Gasteiger partial charge in [-0.2, -0.15) is 5.10 Å². The van der Waals surface area contributed by atoms with Crippen LogP contribution in [0, 0.1) is 16.0 Å². The summed E-state index contributed by atoms with van der Waals surface area (Å²) in [6, 6.07) is 5.41. The van der Waals surface area contributed by atoms with Gasteiger partial charge in [0.1, 0.15) is 0 Å². The molecule has 1 aliphatic rings. The Bertz CT molecular complexity index is 702. The summed E-state index contributed by atoms with van der Waals surface area (Å²) < 4.78 is 0. The van der Waals surface area contributed by atoms with E-state index in [9.17, 15) is 14.9 Å². The lowest BCUT2D eigenvalue weighted by Crippen LogP contribution is -2.23. The van der Waals surface area contributed by atoms with E-state index in [1.807, 2.05) is 13.8 Å². The molecule has 2 rings (SSSR count). The fourth-order valence-electron chi connectivity index (χ4n) is 2.34. The molecule has 0 aromatic heterocycles. The van der Waals surface area contributed by atoms with Crippen LogP contribution >= 0.6 is 0 Å². The largest absolute Gasteiger partial charge is 0.271 e. The van der Waals surface area contributed by atoms with Crippen molar-refractivity contribution in [2.75, 3.05) is 0 Å². The number of nitrogens with one attached hydrogen (secondary N) is 1. The predicted molar refractivity (Wildman–Crippen MR) is 89.3 cm³/mol. The van der Waals surface area contributed by atoms with E-state index < -0.39 is 10.8 Å². The molecule has 120 valence electrons. The van der Waals surface area contributed by atoms with Crippen LogP contribution in [0.25, 0.3) is 0 Å². The van der Waals surface area contributed by atoms with Gasteiger partial charge in [-0.05, 0) is 50.3 Å². The molecule has 0 fully saturated rings. The average Bonchev–Trinajstić information content (AvgIpc) is 2.53. The molecular weight excluding hydrogens is 294 g/mol. The number of benzene rings is 1. The number of rotatable bonds is 4. The Balaban J connectivity index is 2.07. The van der Waals surface area contributed by atoms with Crippen LogP contribution in [0.5, 0.6) is 0 Å². The van der Waals surface area contributed by atoms with Gasteiger partial charge in [0.15, 0.2) is 0 Å². The summed E-state index contributed by atoms with van der Waals surface area (Å²) in [6.45, 7) is 7.93. The van der Waals surface area contributed by atoms with Gasteiger partial charge in [-0.1, -0.05) is 18.2 Å². The Hall–Kier alpha value is -2.76. The molecule has 0 saturated heterocycles. The van der Waals surface area contributed by atoms with Crippen molar-refractivity contribution in [2.45, 2.75) is 26.7 Å². The molecule has 6 nitrogen and oxygen atoms in total. The third kappa shape index (κ3) is 4.12. The maximum absolute atomic E-state index is 12.1. The van der Waals surface area contributed by atoms with E-state index in [4.69, 9.17) is 0 Å². The molecule has 0 unspecified atom stereocenters. The number of nitro benzene ring substituents is 1. The molecule has 0 bridgehead atoms. The van der Waals surface area contributed by atoms with E-state index in [1.165, 1.54) is 24.3 Å². The topological polar surface area (TPSA) is 84.6 Å². The number of hydrazone groups is 1. The monoisotopic (exact) mass is 313 g/mol. The van der Waals surface area contributed by atoms with Gasteiger partial charge in [0, 0.05) is 17.7 Å². The Kier molecular flexibility index (Phi) is 5.05. The summed E-state index contributed by atoms with van der Waals surface area (Å²) >= 11 is 0. The van der Waals surface area contributed by atoms with Gasteiger partial charge < -0.3 is 0 Å². The van der Waals surface area contributed by atoms with Gasteiger partial charge in [-0.3, -0.25) is 14.9 Å². The molecular formula is C17H19N3O3. The normalized spacial score (nSPS) is 19.1. The van der Waals surface area contributed by atoms with E-state index in [0.29, 0.717) is 11.5 Å². The fourth-order valence-corrected chi connectivity index (χ4v) is 2.34. The molecule has 0 saturated carbocycles. The zero-order valence-corrected chi connectivity index (χ0v) is 13.2. The summed E-state index contributed by atoms with van der Waals surface area (Å²) in [7, 11) is 0. The van der Waals surface area contributed by atoms with Crippen LogP contribution in [-0.4, -0.2) is 16.5 Å². The lowest BCUT2D eigenvalue weighted by atomic mass is 9.85. The van der Waals surface area contributed by atoms with Gasteiger partial charge >= 0.3 is 0 Å². The maximum atomic E-state index is 12.1. The molecule has 0 heterocycles. The summed E-state index contributed by atoms with van der Waals surface area (Å²) in [5, 5.41) is 14.8. The minimum Gasteiger partial charge on any atom is -0.267 e. The first-order valence-electron chi connectivity index (χ1n) is 7.32. The highest BCUT2D eigenvalue weighted by Gasteiger charge is 2.19. The van der Waals surface area contributed by atoms with Crippen LogP contribution in [-0.2, 0) is 0 Å². The second-order valence-electron chi connectivity index (χ2n) is 5.67. The average molecular weight is 313 g/mol. The molecule has 1 amide bonds. The quantitative estimate of drug-likeness (QED) is 0.523. The van der Waals surface area contributed by atoms with E-state index in [0.717, 1.165) is 29.7 Å².